The third-order valence-electron chi connectivity index (χ3n) is 5.78. The molecule has 1 saturated heterocycles. The third-order valence-corrected chi connectivity index (χ3v) is 5.78. The number of aromatic nitrogens is 5. The van der Waals surface area contributed by atoms with Crippen LogP contribution in [0, 0.1) is 5.92 Å². The molecule has 3 aromatic rings. The zero-order valence-corrected chi connectivity index (χ0v) is 16.6. The number of hydrogen-bond acceptors (Lipinski definition) is 7. The highest BCUT2D eigenvalue weighted by Crippen LogP contribution is 2.32. The predicted octanol–water partition coefficient (Wildman–Crippen LogP) is 2.49. The molecule has 11 heteroatoms. The Morgan fingerprint density at radius 2 is 1.97 bits per heavy atom. The fraction of sp³-hybridized carbons (Fsp3) is 0.500. The molecule has 4 heterocycles. The minimum absolute atomic E-state index is 0.152. The molecule has 0 bridgehead atoms. The number of rotatable bonds is 5. The lowest BCUT2D eigenvalue weighted by atomic mass is 10.1. The molecule has 31 heavy (non-hydrogen) atoms. The molecular weight excluding hydrogens is 411 g/mol. The molecule has 3 aromatic heterocycles. The molecule has 164 valence electrons. The Bertz CT molecular complexity index is 1080. The van der Waals surface area contributed by atoms with E-state index in [0.29, 0.717) is 24.0 Å². The number of aliphatic hydroxyl groups is 1. The van der Waals surface area contributed by atoms with E-state index in [9.17, 15) is 18.3 Å². The second-order valence-electron chi connectivity index (χ2n) is 8.11. The summed E-state index contributed by atoms with van der Waals surface area (Å²) in [5.74, 6) is 1.34. The molecule has 2 fully saturated rings. The van der Waals surface area contributed by atoms with E-state index in [-0.39, 0.29) is 17.5 Å². The highest BCUT2D eigenvalue weighted by atomic mass is 19.4. The molecule has 0 spiro atoms. The van der Waals surface area contributed by atoms with Gasteiger partial charge >= 0.3 is 6.18 Å². The summed E-state index contributed by atoms with van der Waals surface area (Å²) in [6.07, 6.45) is 4.05. The van der Waals surface area contributed by atoms with Crippen LogP contribution < -0.4 is 10.2 Å². The number of halogens is 3. The summed E-state index contributed by atoms with van der Waals surface area (Å²) < 4.78 is 40.6. The Kier molecular flexibility index (Phi) is 5.01. The van der Waals surface area contributed by atoms with Crippen molar-refractivity contribution in [3.05, 3.63) is 36.5 Å². The number of imidazole rings is 1. The van der Waals surface area contributed by atoms with Crippen molar-refractivity contribution >= 4 is 11.5 Å². The van der Waals surface area contributed by atoms with Crippen LogP contribution in [0.1, 0.15) is 31.4 Å². The molecule has 1 unspecified atom stereocenters. The molecule has 2 aliphatic rings. The van der Waals surface area contributed by atoms with Crippen molar-refractivity contribution < 1.29 is 18.3 Å². The molecule has 5 rings (SSSR count). The van der Waals surface area contributed by atoms with Gasteiger partial charge in [0.15, 0.2) is 17.2 Å². The Balaban J connectivity index is 1.40. The molecule has 0 aromatic carbocycles. The topological polar surface area (TPSA) is 91.5 Å². The monoisotopic (exact) mass is 433 g/mol. The van der Waals surface area contributed by atoms with Crippen LogP contribution in [0.15, 0.2) is 30.9 Å². The summed E-state index contributed by atoms with van der Waals surface area (Å²) in [6.45, 7) is 1.50. The molecule has 2 atom stereocenters. The summed E-state index contributed by atoms with van der Waals surface area (Å²) in [6, 6.07) is 1.94. The van der Waals surface area contributed by atoms with Crippen LogP contribution >= 0.6 is 0 Å². The maximum absolute atomic E-state index is 13.1. The summed E-state index contributed by atoms with van der Waals surface area (Å²) in [7, 11) is 0. The minimum Gasteiger partial charge on any atom is -0.378 e. The maximum atomic E-state index is 13.1. The Hall–Kier alpha value is -2.79. The van der Waals surface area contributed by atoms with Gasteiger partial charge in [0.25, 0.3) is 0 Å². The predicted molar refractivity (Wildman–Crippen MR) is 106 cm³/mol. The standard InChI is InChI=1S/C20H22F3N7O/c21-20(22,23)15-11-30-14(8-26-17(30)9-25-15)18-24-6-5-16(28-18)29-7-1-2-13(10-29)27-19(31)12-3-4-12/h5-6,8-9,11-13,19,27,31H,1-4,7,10H2/t13-,19?/m0/s1. The first kappa shape index (κ1) is 20.1. The Morgan fingerprint density at radius 1 is 1.13 bits per heavy atom. The van der Waals surface area contributed by atoms with Crippen LogP contribution in [0.2, 0.25) is 0 Å². The van der Waals surface area contributed by atoms with Crippen molar-refractivity contribution in [2.45, 2.75) is 44.1 Å². The van der Waals surface area contributed by atoms with Crippen LogP contribution in [0.25, 0.3) is 17.2 Å². The lowest BCUT2D eigenvalue weighted by molar-refractivity contribution is -0.141. The third kappa shape index (κ3) is 4.19. The van der Waals surface area contributed by atoms with Crippen molar-refractivity contribution in [2.75, 3.05) is 18.0 Å². The van der Waals surface area contributed by atoms with Crippen LogP contribution in [-0.2, 0) is 6.18 Å². The molecule has 1 saturated carbocycles. The number of aliphatic hydroxyl groups excluding tert-OH is 1. The zero-order valence-electron chi connectivity index (χ0n) is 16.6. The lowest BCUT2D eigenvalue weighted by Crippen LogP contribution is -2.50. The van der Waals surface area contributed by atoms with Crippen molar-refractivity contribution in [1.82, 2.24) is 29.7 Å². The molecule has 2 N–H and O–H groups in total. The summed E-state index contributed by atoms with van der Waals surface area (Å²) in [5, 5.41) is 13.5. The van der Waals surface area contributed by atoms with Crippen LogP contribution in [-0.4, -0.2) is 54.8 Å². The first-order chi connectivity index (χ1) is 14.9. The number of alkyl halides is 3. The van der Waals surface area contributed by atoms with Gasteiger partial charge in [-0.15, -0.1) is 0 Å². The average molecular weight is 433 g/mol. The molecule has 8 nitrogen and oxygen atoms in total. The highest BCUT2D eigenvalue weighted by molar-refractivity contribution is 5.58. The summed E-state index contributed by atoms with van der Waals surface area (Å²) >= 11 is 0. The molecular formula is C20H22F3N7O. The van der Waals surface area contributed by atoms with E-state index < -0.39 is 18.1 Å². The van der Waals surface area contributed by atoms with Gasteiger partial charge in [-0.1, -0.05) is 0 Å². The van der Waals surface area contributed by atoms with Gasteiger partial charge in [0.2, 0.25) is 0 Å². The first-order valence-electron chi connectivity index (χ1n) is 10.3. The summed E-state index contributed by atoms with van der Waals surface area (Å²) in [4.78, 5) is 18.5. The lowest BCUT2D eigenvalue weighted by Gasteiger charge is -2.35. The maximum Gasteiger partial charge on any atom is 0.434 e. The van der Waals surface area contributed by atoms with Gasteiger partial charge < -0.3 is 10.0 Å². The highest BCUT2D eigenvalue weighted by Gasteiger charge is 2.34. The van der Waals surface area contributed by atoms with Gasteiger partial charge in [-0.25, -0.2) is 19.9 Å². The van der Waals surface area contributed by atoms with E-state index in [0.717, 1.165) is 44.6 Å². The molecule has 1 aliphatic carbocycles. The number of piperidine rings is 1. The number of nitrogens with one attached hydrogen (secondary N) is 1. The minimum atomic E-state index is -4.56. The summed E-state index contributed by atoms with van der Waals surface area (Å²) in [5.41, 5.74) is -0.358. The van der Waals surface area contributed by atoms with Crippen LogP contribution in [0.3, 0.4) is 0 Å². The van der Waals surface area contributed by atoms with Gasteiger partial charge in [-0.05, 0) is 37.7 Å². The second kappa shape index (κ2) is 7.72. The van der Waals surface area contributed by atoms with E-state index in [4.69, 9.17) is 0 Å². The number of nitrogens with zero attached hydrogens (tertiary/aromatic N) is 6. The van der Waals surface area contributed by atoms with E-state index in [2.05, 4.69) is 30.2 Å². The van der Waals surface area contributed by atoms with Crippen molar-refractivity contribution in [3.63, 3.8) is 0 Å². The number of anilines is 1. The quantitative estimate of drug-likeness (QED) is 0.598. The van der Waals surface area contributed by atoms with Crippen molar-refractivity contribution in [3.8, 4) is 11.5 Å². The van der Waals surface area contributed by atoms with Crippen LogP contribution in [0.5, 0.6) is 0 Å². The van der Waals surface area contributed by atoms with E-state index >= 15 is 0 Å². The fourth-order valence-electron chi connectivity index (χ4n) is 3.96. The first-order valence-corrected chi connectivity index (χ1v) is 10.3. The fourth-order valence-corrected chi connectivity index (χ4v) is 3.96. The molecule has 0 amide bonds. The Labute approximate surface area is 176 Å². The van der Waals surface area contributed by atoms with Crippen molar-refractivity contribution in [2.24, 2.45) is 5.92 Å². The Morgan fingerprint density at radius 3 is 2.74 bits per heavy atom. The van der Waals surface area contributed by atoms with Gasteiger partial charge in [0, 0.05) is 31.5 Å². The van der Waals surface area contributed by atoms with E-state index in [1.807, 2.05) is 0 Å². The molecule has 0 radical (unpaired) electrons. The van der Waals surface area contributed by atoms with Gasteiger partial charge in [-0.2, -0.15) is 13.2 Å². The van der Waals surface area contributed by atoms with Gasteiger partial charge in [0.1, 0.15) is 17.7 Å². The normalized spacial score (nSPS) is 20.9. The molecule has 1 aliphatic heterocycles. The van der Waals surface area contributed by atoms with E-state index in [1.54, 1.807) is 12.3 Å². The average Bonchev–Trinajstić information content (AvgIpc) is 3.52. The zero-order chi connectivity index (χ0) is 21.6. The number of hydrogen-bond donors (Lipinski definition) is 2. The van der Waals surface area contributed by atoms with Gasteiger partial charge in [-0.3, -0.25) is 9.72 Å². The van der Waals surface area contributed by atoms with E-state index in [1.165, 1.54) is 10.6 Å². The smallest absolute Gasteiger partial charge is 0.378 e. The van der Waals surface area contributed by atoms with Crippen LogP contribution in [0.4, 0.5) is 19.0 Å². The SMILES string of the molecule is OC(N[C@H]1CCCN(c2ccnc(-c3cnc4cnc(C(F)(F)F)cn34)n2)C1)C1CC1. The second-order valence-corrected chi connectivity index (χ2v) is 8.11. The van der Waals surface area contributed by atoms with Crippen molar-refractivity contribution in [1.29, 1.82) is 0 Å². The number of fused-ring (bicyclic) bond motifs is 1. The largest absolute Gasteiger partial charge is 0.434 e. The van der Waals surface area contributed by atoms with Gasteiger partial charge in [0.05, 0.1) is 12.4 Å².